The van der Waals surface area contributed by atoms with Crippen molar-refractivity contribution in [1.82, 2.24) is 14.7 Å². The third-order valence-electron chi connectivity index (χ3n) is 7.15. The van der Waals surface area contributed by atoms with Crippen LogP contribution in [0.4, 0.5) is 0 Å². The molecule has 1 saturated carbocycles. The Morgan fingerprint density at radius 2 is 2.06 bits per heavy atom. The fraction of sp³-hybridized carbons (Fsp3) is 0.462. The number of aliphatic hydroxyl groups excluding tert-OH is 1. The lowest BCUT2D eigenvalue weighted by Crippen LogP contribution is -2.51. The van der Waals surface area contributed by atoms with Crippen molar-refractivity contribution in [3.63, 3.8) is 0 Å². The van der Waals surface area contributed by atoms with Crippen molar-refractivity contribution in [3.8, 4) is 16.3 Å². The number of hydrogen-bond donors (Lipinski definition) is 1. The maximum atomic E-state index is 13.1. The van der Waals surface area contributed by atoms with Crippen molar-refractivity contribution in [1.29, 1.82) is 0 Å². The molecule has 1 N–H and O–H groups in total. The van der Waals surface area contributed by atoms with Gasteiger partial charge in [-0.15, -0.1) is 11.3 Å². The molecule has 0 bridgehead atoms. The summed E-state index contributed by atoms with van der Waals surface area (Å²) in [6.45, 7) is 1.24. The van der Waals surface area contributed by atoms with Gasteiger partial charge < -0.3 is 10.0 Å². The first-order valence-electron chi connectivity index (χ1n) is 12.0. The molecule has 35 heavy (non-hydrogen) atoms. The lowest BCUT2D eigenvalue weighted by atomic mass is 9.88. The van der Waals surface area contributed by atoms with E-state index in [2.05, 4.69) is 18.4 Å². The molecular formula is C26H31ClN3O3S2+. The van der Waals surface area contributed by atoms with Gasteiger partial charge in [0.2, 0.25) is 0 Å². The number of aromatic nitrogens is 2. The molecule has 1 aliphatic heterocycles. The third kappa shape index (κ3) is 5.04. The van der Waals surface area contributed by atoms with Crippen LogP contribution < -0.4 is 0 Å². The molecular weight excluding hydrogens is 502 g/mol. The molecule has 3 atom stereocenters. The van der Waals surface area contributed by atoms with Gasteiger partial charge in [0.1, 0.15) is 17.4 Å². The predicted molar refractivity (Wildman–Crippen MR) is 144 cm³/mol. The summed E-state index contributed by atoms with van der Waals surface area (Å²) in [5, 5.41) is 15.2. The Labute approximate surface area is 218 Å². The minimum Gasteiger partial charge on any atom is -0.396 e. The molecule has 6 nitrogen and oxygen atoms in total. The average Bonchev–Trinajstić information content (AvgIpc) is 3.51. The monoisotopic (exact) mass is 532 g/mol. The van der Waals surface area contributed by atoms with Gasteiger partial charge in [-0.3, -0.25) is 4.79 Å². The Morgan fingerprint density at radius 1 is 1.26 bits per heavy atom. The van der Waals surface area contributed by atoms with Gasteiger partial charge in [0, 0.05) is 36.9 Å². The van der Waals surface area contributed by atoms with Crippen LogP contribution in [0.15, 0.2) is 42.5 Å². The highest BCUT2D eigenvalue weighted by molar-refractivity contribution is 7.92. The molecule has 186 valence electrons. The summed E-state index contributed by atoms with van der Waals surface area (Å²) in [7, 11) is 1.81. The Balaban J connectivity index is 1.46. The summed E-state index contributed by atoms with van der Waals surface area (Å²) in [6, 6.07) is 13.8. The van der Waals surface area contributed by atoms with Crippen molar-refractivity contribution in [3.05, 3.63) is 58.1 Å². The molecule has 2 unspecified atom stereocenters. The number of para-hydroxylation sites is 1. The number of likely N-dealkylation sites (tertiary alicyclic amines) is 1. The molecule has 0 spiro atoms. The minimum absolute atomic E-state index is 0.00564. The highest BCUT2D eigenvalue weighted by atomic mass is 35.5. The van der Waals surface area contributed by atoms with E-state index >= 15 is 0 Å². The van der Waals surface area contributed by atoms with E-state index in [1.807, 2.05) is 37.4 Å². The number of aliphatic hydroxyl groups is 1. The molecule has 2 fully saturated rings. The fourth-order valence-corrected chi connectivity index (χ4v) is 7.68. The summed E-state index contributed by atoms with van der Waals surface area (Å²) >= 11 is 8.32. The molecule has 2 aromatic heterocycles. The Morgan fingerprint density at radius 3 is 2.80 bits per heavy atom. The van der Waals surface area contributed by atoms with Gasteiger partial charge in [-0.25, -0.2) is 4.68 Å². The zero-order chi connectivity index (χ0) is 24.5. The molecule has 2 aliphatic rings. The van der Waals surface area contributed by atoms with E-state index in [1.54, 1.807) is 20.9 Å². The van der Waals surface area contributed by atoms with E-state index in [1.165, 1.54) is 24.1 Å². The lowest BCUT2D eigenvalue weighted by molar-refractivity contribution is 0.0356. The van der Waals surface area contributed by atoms with Crippen LogP contribution in [0.2, 0.25) is 5.02 Å². The van der Waals surface area contributed by atoms with Crippen molar-refractivity contribution in [2.45, 2.75) is 36.9 Å². The quantitative estimate of drug-likeness (QED) is 0.427. The maximum absolute atomic E-state index is 13.1. The van der Waals surface area contributed by atoms with Crippen molar-refractivity contribution in [2.24, 2.45) is 5.92 Å². The number of halogens is 1. The molecule has 3 aromatic rings. The Bertz CT molecular complexity index is 1190. The second-order valence-electron chi connectivity index (χ2n) is 9.39. The summed E-state index contributed by atoms with van der Waals surface area (Å²) < 4.78 is 7.45. The second kappa shape index (κ2) is 10.6. The number of hydrogen-bond acceptors (Lipinski definition) is 5. The van der Waals surface area contributed by atoms with Gasteiger partial charge >= 0.3 is 0 Å². The number of carbonyl (C=O) groups excluding carboxylic acids is 1. The van der Waals surface area contributed by atoms with Crippen LogP contribution in [0.25, 0.3) is 16.3 Å². The number of amides is 1. The zero-order valence-electron chi connectivity index (χ0n) is 20.0. The largest absolute Gasteiger partial charge is 0.396 e. The van der Waals surface area contributed by atoms with E-state index in [0.717, 1.165) is 22.7 Å². The van der Waals surface area contributed by atoms with E-state index in [4.69, 9.17) is 20.9 Å². The molecule has 1 aromatic carbocycles. The SMILES string of the molecule is CO[S+](C)[C@@H]1CCCC(c2ccc(-c3cc(C(=O)N4CC(CO)C4)nn3-c3ccccc3Cl)s2)C1. The summed E-state index contributed by atoms with van der Waals surface area (Å²) in [4.78, 5) is 17.3. The van der Waals surface area contributed by atoms with Crippen LogP contribution in [0, 0.1) is 5.92 Å². The van der Waals surface area contributed by atoms with E-state index < -0.39 is 0 Å². The van der Waals surface area contributed by atoms with Crippen molar-refractivity contribution < 1.29 is 14.1 Å². The molecule has 5 rings (SSSR count). The summed E-state index contributed by atoms with van der Waals surface area (Å²) in [6.07, 6.45) is 7.02. The molecule has 3 heterocycles. The van der Waals surface area contributed by atoms with Gasteiger partial charge in [0.15, 0.2) is 10.9 Å². The maximum Gasteiger partial charge on any atom is 0.274 e. The Hall–Kier alpha value is -1.84. The molecule has 9 heteroatoms. The smallest absolute Gasteiger partial charge is 0.274 e. The second-order valence-corrected chi connectivity index (χ2v) is 12.9. The average molecular weight is 533 g/mol. The van der Waals surface area contributed by atoms with Gasteiger partial charge in [-0.05, 0) is 55.5 Å². The first-order valence-corrected chi connectivity index (χ1v) is 14.8. The number of rotatable bonds is 7. The first kappa shape index (κ1) is 24.8. The number of thiophene rings is 1. The zero-order valence-corrected chi connectivity index (χ0v) is 22.4. The van der Waals surface area contributed by atoms with Gasteiger partial charge in [-0.2, -0.15) is 9.28 Å². The van der Waals surface area contributed by atoms with E-state index in [9.17, 15) is 9.90 Å². The standard InChI is InChI=1S/C26H31ClN3O3S2/c1-33-35(2)19-7-5-6-18(12-19)24-10-11-25(34-24)23-13-21(26(32)29-14-17(15-29)16-31)28-30(23)22-9-4-3-8-20(22)27/h3-4,8-11,13,17-19,31H,5-7,12,14-16H2,1-2H3/q+1/t18?,19-,35?/m1/s1. The van der Waals surface area contributed by atoms with Crippen molar-refractivity contribution >= 4 is 40.0 Å². The van der Waals surface area contributed by atoms with Crippen LogP contribution in [0.3, 0.4) is 0 Å². The number of nitrogens with zero attached hydrogens (tertiary/aromatic N) is 3. The predicted octanol–water partition coefficient (Wildman–Crippen LogP) is 5.15. The van der Waals surface area contributed by atoms with Crippen LogP contribution in [-0.4, -0.2) is 64.0 Å². The molecule has 1 amide bonds. The third-order valence-corrected chi connectivity index (χ3v) is 10.6. The van der Waals surface area contributed by atoms with E-state index in [0.29, 0.717) is 35.0 Å². The minimum atomic E-state index is -0.108. The molecule has 1 aliphatic carbocycles. The molecule has 0 radical (unpaired) electrons. The van der Waals surface area contributed by atoms with Crippen LogP contribution in [0.5, 0.6) is 0 Å². The number of benzene rings is 1. The van der Waals surface area contributed by atoms with Gasteiger partial charge in [0.25, 0.3) is 5.91 Å². The highest BCUT2D eigenvalue weighted by Crippen LogP contribution is 2.42. The first-order chi connectivity index (χ1) is 17.0. The Kier molecular flexibility index (Phi) is 7.55. The summed E-state index contributed by atoms with van der Waals surface area (Å²) in [5.41, 5.74) is 2.03. The van der Waals surface area contributed by atoms with Gasteiger partial charge in [-0.1, -0.05) is 23.7 Å². The van der Waals surface area contributed by atoms with Crippen LogP contribution >= 0.6 is 22.9 Å². The van der Waals surface area contributed by atoms with Crippen LogP contribution in [0.1, 0.15) is 47.0 Å². The lowest BCUT2D eigenvalue weighted by Gasteiger charge is -2.37. The summed E-state index contributed by atoms with van der Waals surface area (Å²) in [5.74, 6) is 0.583. The number of carbonyl (C=O) groups is 1. The van der Waals surface area contributed by atoms with Crippen LogP contribution in [-0.2, 0) is 15.4 Å². The normalized spacial score (nSPS) is 21.7. The van der Waals surface area contributed by atoms with Crippen molar-refractivity contribution in [2.75, 3.05) is 33.1 Å². The molecule has 1 saturated heterocycles. The fourth-order valence-electron chi connectivity index (χ4n) is 5.03. The van der Waals surface area contributed by atoms with E-state index in [-0.39, 0.29) is 29.6 Å². The topological polar surface area (TPSA) is 67.6 Å². The highest BCUT2D eigenvalue weighted by Gasteiger charge is 2.35. The van der Waals surface area contributed by atoms with Gasteiger partial charge in [0.05, 0.1) is 28.4 Å².